The van der Waals surface area contributed by atoms with Crippen molar-refractivity contribution in [2.75, 3.05) is 19.8 Å². The maximum atomic E-state index is 13.0. The van der Waals surface area contributed by atoms with E-state index in [1.54, 1.807) is 62.3 Å². The van der Waals surface area contributed by atoms with Crippen LogP contribution in [0.5, 0.6) is 5.75 Å². The average molecular weight is 458 g/mol. The smallest absolute Gasteiger partial charge is 0.336 e. The summed E-state index contributed by atoms with van der Waals surface area (Å²) in [6.07, 6.45) is 5.73. The van der Waals surface area contributed by atoms with Crippen LogP contribution in [0.4, 0.5) is 0 Å². The molecule has 0 aliphatic carbocycles. The van der Waals surface area contributed by atoms with Crippen molar-refractivity contribution in [2.45, 2.75) is 46.6 Å². The van der Waals surface area contributed by atoms with Gasteiger partial charge in [0, 0.05) is 24.0 Å². The van der Waals surface area contributed by atoms with Crippen molar-refractivity contribution in [2.24, 2.45) is 0 Å². The molecule has 0 bridgehead atoms. The lowest BCUT2D eigenvalue weighted by Gasteiger charge is -2.32. The Balaban J connectivity index is 2.57. The number of esters is 3. The second-order valence-corrected chi connectivity index (χ2v) is 7.29. The van der Waals surface area contributed by atoms with E-state index in [1.807, 2.05) is 13.8 Å². The first kappa shape index (κ1) is 25.7. The second kappa shape index (κ2) is 12.5. The van der Waals surface area contributed by atoms with Crippen molar-refractivity contribution in [3.05, 3.63) is 65.7 Å². The molecule has 0 saturated heterocycles. The third-order valence-corrected chi connectivity index (χ3v) is 4.73. The Morgan fingerprint density at radius 1 is 0.909 bits per heavy atom. The Hall–Kier alpha value is -3.55. The van der Waals surface area contributed by atoms with Gasteiger partial charge in [0.1, 0.15) is 5.75 Å². The van der Waals surface area contributed by atoms with Gasteiger partial charge in [0.25, 0.3) is 0 Å². The van der Waals surface area contributed by atoms with Crippen LogP contribution in [0.25, 0.3) is 0 Å². The average Bonchev–Trinajstić information content (AvgIpc) is 2.79. The van der Waals surface area contributed by atoms with Crippen LogP contribution in [0, 0.1) is 0 Å². The summed E-state index contributed by atoms with van der Waals surface area (Å²) < 4.78 is 21.2. The van der Waals surface area contributed by atoms with Crippen LogP contribution in [0.3, 0.4) is 0 Å². The molecule has 0 radical (unpaired) electrons. The van der Waals surface area contributed by atoms with Gasteiger partial charge in [-0.25, -0.2) is 14.4 Å². The lowest BCUT2D eigenvalue weighted by Crippen LogP contribution is -2.32. The first-order valence-corrected chi connectivity index (χ1v) is 11.0. The SMILES string of the molecule is CCOC(=O)/C=C/Oc1ccccc1C1C(C(=O)OCC)=CN(C(C)C)C=C1C(=O)OCC. The number of hydrogen-bond donors (Lipinski definition) is 0. The summed E-state index contributed by atoms with van der Waals surface area (Å²) in [6.45, 7) is 9.64. The third-order valence-electron chi connectivity index (χ3n) is 4.73. The highest BCUT2D eigenvalue weighted by Crippen LogP contribution is 2.41. The van der Waals surface area contributed by atoms with E-state index in [1.165, 1.54) is 6.26 Å². The van der Waals surface area contributed by atoms with Gasteiger partial charge >= 0.3 is 17.9 Å². The quantitative estimate of drug-likeness (QED) is 0.227. The van der Waals surface area contributed by atoms with Crippen LogP contribution in [0.1, 0.15) is 46.1 Å². The molecule has 1 aliphatic heterocycles. The first-order valence-electron chi connectivity index (χ1n) is 11.0. The Labute approximate surface area is 194 Å². The number of benzene rings is 1. The van der Waals surface area contributed by atoms with Crippen LogP contribution in [-0.4, -0.2) is 48.7 Å². The summed E-state index contributed by atoms with van der Waals surface area (Å²) in [5, 5.41) is 0. The summed E-state index contributed by atoms with van der Waals surface area (Å²) >= 11 is 0. The van der Waals surface area contributed by atoms with Crippen LogP contribution < -0.4 is 4.74 Å². The van der Waals surface area contributed by atoms with Gasteiger partial charge in [-0.05, 0) is 40.7 Å². The van der Waals surface area contributed by atoms with Gasteiger partial charge in [-0.3, -0.25) is 0 Å². The number of hydrogen-bond acceptors (Lipinski definition) is 8. The van der Waals surface area contributed by atoms with Gasteiger partial charge in [0.15, 0.2) is 0 Å². The molecule has 0 atom stereocenters. The highest BCUT2D eigenvalue weighted by molar-refractivity contribution is 5.99. The monoisotopic (exact) mass is 457 g/mol. The topological polar surface area (TPSA) is 91.4 Å². The summed E-state index contributed by atoms with van der Waals surface area (Å²) in [4.78, 5) is 39.3. The Bertz CT molecular complexity index is 910. The third kappa shape index (κ3) is 6.71. The molecule has 8 nitrogen and oxygen atoms in total. The van der Waals surface area contributed by atoms with E-state index in [0.717, 1.165) is 6.08 Å². The lowest BCUT2D eigenvalue weighted by atomic mass is 9.82. The zero-order valence-corrected chi connectivity index (χ0v) is 19.7. The predicted octanol–water partition coefficient (Wildman–Crippen LogP) is 3.84. The highest BCUT2D eigenvalue weighted by Gasteiger charge is 2.37. The molecule has 178 valence electrons. The molecule has 1 aromatic carbocycles. The van der Waals surface area contributed by atoms with E-state index in [4.69, 9.17) is 18.9 Å². The number of carbonyl (C=O) groups excluding carboxylic acids is 3. The maximum Gasteiger partial charge on any atom is 0.336 e. The number of rotatable bonds is 10. The van der Waals surface area contributed by atoms with Crippen molar-refractivity contribution >= 4 is 17.9 Å². The van der Waals surface area contributed by atoms with Gasteiger partial charge in [-0.2, -0.15) is 0 Å². The minimum absolute atomic E-state index is 0.0150. The van der Waals surface area contributed by atoms with Crippen molar-refractivity contribution < 1.29 is 33.3 Å². The molecule has 0 aromatic heterocycles. The molecule has 0 unspecified atom stereocenters. The molecular weight excluding hydrogens is 426 g/mol. The molecule has 0 saturated carbocycles. The first-order chi connectivity index (χ1) is 15.8. The van der Waals surface area contributed by atoms with Crippen molar-refractivity contribution in [3.8, 4) is 5.75 Å². The van der Waals surface area contributed by atoms with E-state index < -0.39 is 23.8 Å². The van der Waals surface area contributed by atoms with Crippen molar-refractivity contribution in [1.29, 1.82) is 0 Å². The predicted molar refractivity (Wildman–Crippen MR) is 122 cm³/mol. The Kier molecular flexibility index (Phi) is 9.72. The Morgan fingerprint density at radius 2 is 1.45 bits per heavy atom. The van der Waals surface area contributed by atoms with E-state index in [2.05, 4.69) is 0 Å². The fraction of sp³-hybridized carbons (Fsp3) is 0.400. The molecule has 1 aromatic rings. The van der Waals surface area contributed by atoms with Gasteiger partial charge < -0.3 is 23.8 Å². The van der Waals surface area contributed by atoms with E-state index in [-0.39, 0.29) is 37.0 Å². The largest absolute Gasteiger partial charge is 0.464 e. The number of carbonyl (C=O) groups is 3. The molecule has 0 spiro atoms. The minimum atomic E-state index is -0.787. The fourth-order valence-corrected chi connectivity index (χ4v) is 3.26. The molecule has 8 heteroatoms. The summed E-state index contributed by atoms with van der Waals surface area (Å²) in [5.41, 5.74) is 1.11. The molecule has 1 heterocycles. The minimum Gasteiger partial charge on any atom is -0.464 e. The lowest BCUT2D eigenvalue weighted by molar-refractivity contribution is -0.140. The molecule has 0 amide bonds. The van der Waals surface area contributed by atoms with Crippen molar-refractivity contribution in [3.63, 3.8) is 0 Å². The zero-order valence-electron chi connectivity index (χ0n) is 19.7. The van der Waals surface area contributed by atoms with Gasteiger partial charge in [0.05, 0.1) is 49.2 Å². The normalized spacial score (nSPS) is 14.1. The van der Waals surface area contributed by atoms with E-state index in [9.17, 15) is 14.4 Å². The molecule has 0 fully saturated rings. The van der Waals surface area contributed by atoms with Gasteiger partial charge in [-0.1, -0.05) is 18.2 Å². The van der Waals surface area contributed by atoms with Crippen LogP contribution in [0.2, 0.25) is 0 Å². The van der Waals surface area contributed by atoms with E-state index in [0.29, 0.717) is 11.3 Å². The fourth-order valence-electron chi connectivity index (χ4n) is 3.26. The number of ether oxygens (including phenoxy) is 4. The molecule has 33 heavy (non-hydrogen) atoms. The summed E-state index contributed by atoms with van der Waals surface area (Å²) in [5.74, 6) is -2.05. The maximum absolute atomic E-state index is 13.0. The van der Waals surface area contributed by atoms with Crippen LogP contribution >= 0.6 is 0 Å². The molecular formula is C25H31NO7. The standard InChI is InChI=1S/C25H31NO7/c1-6-30-22(27)13-14-33-21-12-10-9-11-18(21)23-19(24(28)31-7-2)15-26(17(4)5)16-20(23)25(29)32-8-3/h9-17,23H,6-8H2,1-5H3/b14-13+. The summed E-state index contributed by atoms with van der Waals surface area (Å²) in [7, 11) is 0. The second-order valence-electron chi connectivity index (χ2n) is 7.29. The van der Waals surface area contributed by atoms with E-state index >= 15 is 0 Å². The Morgan fingerprint density at radius 3 is 1.97 bits per heavy atom. The van der Waals surface area contributed by atoms with Crippen LogP contribution in [0.15, 0.2) is 60.1 Å². The number of nitrogens with zero attached hydrogens (tertiary/aromatic N) is 1. The summed E-state index contributed by atoms with van der Waals surface area (Å²) in [6, 6.07) is 6.95. The number of para-hydroxylation sites is 1. The molecule has 1 aliphatic rings. The van der Waals surface area contributed by atoms with Gasteiger partial charge in [-0.15, -0.1) is 0 Å². The van der Waals surface area contributed by atoms with Gasteiger partial charge in [0.2, 0.25) is 0 Å². The molecule has 2 rings (SSSR count). The van der Waals surface area contributed by atoms with Crippen LogP contribution in [-0.2, 0) is 28.6 Å². The van der Waals surface area contributed by atoms with Crippen molar-refractivity contribution in [1.82, 2.24) is 4.90 Å². The highest BCUT2D eigenvalue weighted by atomic mass is 16.5. The zero-order chi connectivity index (χ0) is 24.4. The molecule has 0 N–H and O–H groups in total.